The number of fused-ring (bicyclic) bond motifs is 1. The van der Waals surface area contributed by atoms with Crippen molar-refractivity contribution in [3.8, 4) is 22.8 Å². The first-order chi connectivity index (χ1) is 19.0. The number of nitrogens with zero attached hydrogens (tertiary/aromatic N) is 5. The SMILES string of the molecule is Nc1ncnc2c1c(=O)ccn2-c1ccc(NC(=O)Nc2cc(-c3ccco3)nn2-c2ccc(F)cc2)cc1. The second-order valence-corrected chi connectivity index (χ2v) is 8.41. The summed E-state index contributed by atoms with van der Waals surface area (Å²) in [5.41, 5.74) is 8.22. The van der Waals surface area contributed by atoms with E-state index in [-0.39, 0.29) is 22.5 Å². The van der Waals surface area contributed by atoms with Crippen molar-refractivity contribution in [3.05, 3.63) is 108 Å². The Labute approximate surface area is 219 Å². The highest BCUT2D eigenvalue weighted by molar-refractivity contribution is 5.99. The fraction of sp³-hybridized carbons (Fsp3) is 0. The van der Waals surface area contributed by atoms with Crippen LogP contribution in [0.2, 0.25) is 0 Å². The number of urea groups is 1. The van der Waals surface area contributed by atoms with Gasteiger partial charge in [0.25, 0.3) is 0 Å². The average molecular weight is 523 g/mol. The molecule has 0 saturated carbocycles. The fourth-order valence-electron chi connectivity index (χ4n) is 4.09. The number of amides is 2. The van der Waals surface area contributed by atoms with Crippen molar-refractivity contribution < 1.29 is 13.6 Å². The summed E-state index contributed by atoms with van der Waals surface area (Å²) in [6, 6.07) is 18.6. The molecule has 11 nitrogen and oxygen atoms in total. The van der Waals surface area contributed by atoms with Gasteiger partial charge < -0.3 is 20.0 Å². The molecule has 0 aliphatic carbocycles. The number of halogens is 1. The predicted octanol–water partition coefficient (Wildman–Crippen LogP) is 4.59. The molecule has 2 amide bonds. The molecule has 0 radical (unpaired) electrons. The molecule has 0 bridgehead atoms. The number of rotatable bonds is 5. The molecule has 0 aliphatic rings. The Morgan fingerprint density at radius 1 is 0.949 bits per heavy atom. The van der Waals surface area contributed by atoms with Crippen molar-refractivity contribution in [2.24, 2.45) is 0 Å². The van der Waals surface area contributed by atoms with Crippen LogP contribution in [0, 0.1) is 5.82 Å². The number of hydrogen-bond acceptors (Lipinski definition) is 7. The van der Waals surface area contributed by atoms with E-state index in [4.69, 9.17) is 10.2 Å². The second kappa shape index (κ2) is 9.59. The van der Waals surface area contributed by atoms with Crippen LogP contribution < -0.4 is 21.8 Å². The largest absolute Gasteiger partial charge is 0.463 e. The number of carbonyl (C=O) groups is 1. The standard InChI is InChI=1S/C27H19FN8O3/c28-16-3-7-19(8-4-16)36-23(14-20(34-36)22-2-1-13-39-22)33-27(38)32-17-5-9-18(10-6-17)35-12-11-21(37)24-25(29)30-15-31-26(24)35/h1-15H,(H2,29,30,31)(H2,32,33,38). The summed E-state index contributed by atoms with van der Waals surface area (Å²) < 4.78 is 22.1. The summed E-state index contributed by atoms with van der Waals surface area (Å²) in [4.78, 5) is 33.3. The monoisotopic (exact) mass is 522 g/mol. The molecule has 4 heterocycles. The third-order valence-electron chi connectivity index (χ3n) is 5.91. The van der Waals surface area contributed by atoms with Crippen LogP contribution in [0.1, 0.15) is 0 Å². The maximum atomic E-state index is 13.5. The van der Waals surface area contributed by atoms with Crippen LogP contribution in [0.5, 0.6) is 0 Å². The molecule has 39 heavy (non-hydrogen) atoms. The quantitative estimate of drug-likeness (QED) is 0.300. The predicted molar refractivity (Wildman–Crippen MR) is 143 cm³/mol. The van der Waals surface area contributed by atoms with Gasteiger partial charge in [0.2, 0.25) is 0 Å². The lowest BCUT2D eigenvalue weighted by Gasteiger charge is -2.12. The van der Waals surface area contributed by atoms with E-state index in [1.807, 2.05) is 0 Å². The topological polar surface area (TPSA) is 146 Å². The van der Waals surface area contributed by atoms with Crippen LogP contribution in [0.15, 0.2) is 101 Å². The first-order valence-electron chi connectivity index (χ1n) is 11.7. The number of anilines is 3. The molecule has 192 valence electrons. The van der Waals surface area contributed by atoms with Crippen LogP contribution in [0.4, 0.5) is 26.5 Å². The van der Waals surface area contributed by atoms with Crippen LogP contribution in [0.3, 0.4) is 0 Å². The van der Waals surface area contributed by atoms with Crippen molar-refractivity contribution in [2.75, 3.05) is 16.4 Å². The van der Waals surface area contributed by atoms with Crippen LogP contribution in [-0.4, -0.2) is 30.3 Å². The molecule has 0 aliphatic heterocycles. The third kappa shape index (κ3) is 4.57. The number of pyridine rings is 1. The van der Waals surface area contributed by atoms with Crippen LogP contribution in [-0.2, 0) is 0 Å². The molecular weight excluding hydrogens is 503 g/mol. The molecule has 0 fully saturated rings. The Morgan fingerprint density at radius 2 is 1.72 bits per heavy atom. The van der Waals surface area contributed by atoms with E-state index in [1.54, 1.807) is 65.4 Å². The minimum atomic E-state index is -0.522. The average Bonchev–Trinajstić information content (AvgIpc) is 3.61. The lowest BCUT2D eigenvalue weighted by molar-refractivity contribution is 0.262. The van der Waals surface area contributed by atoms with Crippen molar-refractivity contribution >= 4 is 34.4 Å². The summed E-state index contributed by atoms with van der Waals surface area (Å²) in [6.07, 6.45) is 4.41. The maximum Gasteiger partial charge on any atom is 0.324 e. The number of hydrogen-bond donors (Lipinski definition) is 3. The Morgan fingerprint density at radius 3 is 2.46 bits per heavy atom. The zero-order valence-electron chi connectivity index (χ0n) is 20.1. The highest BCUT2D eigenvalue weighted by Crippen LogP contribution is 2.26. The lowest BCUT2D eigenvalue weighted by atomic mass is 10.2. The molecular formula is C27H19FN8O3. The molecule has 0 unspecified atom stereocenters. The molecule has 4 N–H and O–H groups in total. The van der Waals surface area contributed by atoms with Crippen LogP contribution >= 0.6 is 0 Å². The molecule has 0 spiro atoms. The normalized spacial score (nSPS) is 11.0. The van der Waals surface area contributed by atoms with E-state index >= 15 is 0 Å². The number of furan rings is 1. The number of carbonyl (C=O) groups excluding carboxylic acids is 1. The summed E-state index contributed by atoms with van der Waals surface area (Å²) in [5.74, 6) is 0.569. The van der Waals surface area contributed by atoms with Gasteiger partial charge in [-0.2, -0.15) is 5.10 Å². The highest BCUT2D eigenvalue weighted by atomic mass is 19.1. The number of nitrogens with two attached hydrogens (primary N) is 1. The summed E-state index contributed by atoms with van der Waals surface area (Å²) in [6.45, 7) is 0. The van der Waals surface area contributed by atoms with Crippen molar-refractivity contribution in [3.63, 3.8) is 0 Å². The molecule has 2 aromatic carbocycles. The lowest BCUT2D eigenvalue weighted by Crippen LogP contribution is -2.21. The van der Waals surface area contributed by atoms with Gasteiger partial charge in [-0.3, -0.25) is 10.1 Å². The third-order valence-corrected chi connectivity index (χ3v) is 5.91. The maximum absolute atomic E-state index is 13.5. The molecule has 4 aromatic heterocycles. The Bertz CT molecular complexity index is 1860. The van der Waals surface area contributed by atoms with Gasteiger partial charge in [-0.15, -0.1) is 0 Å². The van der Waals surface area contributed by atoms with Crippen molar-refractivity contribution in [1.82, 2.24) is 24.3 Å². The molecule has 0 atom stereocenters. The van der Waals surface area contributed by atoms with E-state index in [1.165, 1.54) is 35.5 Å². The van der Waals surface area contributed by atoms with Gasteiger partial charge in [-0.05, 0) is 60.7 Å². The first-order valence-corrected chi connectivity index (χ1v) is 11.7. The highest BCUT2D eigenvalue weighted by Gasteiger charge is 2.16. The van der Waals surface area contributed by atoms with Gasteiger partial charge in [0.1, 0.15) is 34.9 Å². The molecule has 0 saturated heterocycles. The van der Waals surface area contributed by atoms with E-state index in [0.29, 0.717) is 40.0 Å². The van der Waals surface area contributed by atoms with Gasteiger partial charge >= 0.3 is 6.03 Å². The first kappa shape index (κ1) is 23.6. The Balaban J connectivity index is 1.25. The summed E-state index contributed by atoms with van der Waals surface area (Å²) in [5, 5.41) is 10.3. The Kier molecular flexibility index (Phi) is 5.81. The van der Waals surface area contributed by atoms with Gasteiger partial charge in [0.15, 0.2) is 16.8 Å². The molecule has 12 heteroatoms. The van der Waals surface area contributed by atoms with Crippen molar-refractivity contribution in [2.45, 2.75) is 0 Å². The van der Waals surface area contributed by atoms with Crippen LogP contribution in [0.25, 0.3) is 33.9 Å². The zero-order valence-corrected chi connectivity index (χ0v) is 20.1. The van der Waals surface area contributed by atoms with Gasteiger partial charge in [0, 0.05) is 29.7 Å². The number of nitrogen functional groups attached to an aromatic ring is 1. The van der Waals surface area contributed by atoms with Gasteiger partial charge in [-0.25, -0.2) is 23.8 Å². The smallest absolute Gasteiger partial charge is 0.324 e. The minimum Gasteiger partial charge on any atom is -0.463 e. The second-order valence-electron chi connectivity index (χ2n) is 8.41. The number of aromatic nitrogens is 5. The zero-order chi connectivity index (χ0) is 26.9. The Hall–Kier alpha value is -5.78. The summed E-state index contributed by atoms with van der Waals surface area (Å²) >= 11 is 0. The molecule has 6 rings (SSSR count). The van der Waals surface area contributed by atoms with E-state index in [9.17, 15) is 14.0 Å². The number of benzene rings is 2. The van der Waals surface area contributed by atoms with Gasteiger partial charge in [-0.1, -0.05) is 0 Å². The van der Waals surface area contributed by atoms with E-state index < -0.39 is 6.03 Å². The van der Waals surface area contributed by atoms with Gasteiger partial charge in [0.05, 0.1) is 12.0 Å². The summed E-state index contributed by atoms with van der Waals surface area (Å²) in [7, 11) is 0. The number of nitrogens with one attached hydrogen (secondary N) is 2. The fourth-order valence-corrected chi connectivity index (χ4v) is 4.09. The van der Waals surface area contributed by atoms with E-state index in [0.717, 1.165) is 0 Å². The van der Waals surface area contributed by atoms with E-state index in [2.05, 4.69) is 25.7 Å². The molecule has 6 aromatic rings. The van der Waals surface area contributed by atoms with Crippen molar-refractivity contribution in [1.29, 1.82) is 0 Å². The minimum absolute atomic E-state index is 0.101.